The van der Waals surface area contributed by atoms with Crippen LogP contribution >= 0.6 is 0 Å². The van der Waals surface area contributed by atoms with Crippen LogP contribution in [0.5, 0.6) is 0 Å². The van der Waals surface area contributed by atoms with E-state index in [0.717, 1.165) is 11.1 Å². The van der Waals surface area contributed by atoms with Crippen LogP contribution in [0.15, 0.2) is 36.4 Å². The van der Waals surface area contributed by atoms with E-state index in [9.17, 15) is 0 Å². The molecular weight excluding hydrogens is 146 g/mol. The molecule has 1 nitrogen and oxygen atoms in total. The molecule has 0 unspecified atom stereocenters. The normalized spacial score (nSPS) is 9.50. The summed E-state index contributed by atoms with van der Waals surface area (Å²) in [6.45, 7) is 7.61. The first-order chi connectivity index (χ1) is 5.61. The van der Waals surface area contributed by atoms with Gasteiger partial charge in [0.15, 0.2) is 0 Å². The highest BCUT2D eigenvalue weighted by atomic mass is 14.4. The van der Waals surface area contributed by atoms with E-state index in [1.54, 1.807) is 0 Å². The van der Waals surface area contributed by atoms with Crippen LogP contribution in [0.4, 0.5) is 0 Å². The standard InChI is InChI=1S/C11H13N/c1-8(2)11(12)10-6-4-9(3)5-7-10/h4-7,12H,1H2,2-3H3. The van der Waals surface area contributed by atoms with E-state index in [2.05, 4.69) is 6.58 Å². The molecule has 0 amide bonds. The monoisotopic (exact) mass is 159 g/mol. The van der Waals surface area contributed by atoms with Crippen LogP contribution < -0.4 is 0 Å². The minimum atomic E-state index is 0.523. The Morgan fingerprint density at radius 2 is 1.75 bits per heavy atom. The van der Waals surface area contributed by atoms with Crippen molar-refractivity contribution in [3.05, 3.63) is 47.5 Å². The summed E-state index contributed by atoms with van der Waals surface area (Å²) in [6.07, 6.45) is 0. The molecule has 0 aliphatic rings. The van der Waals surface area contributed by atoms with Gasteiger partial charge < -0.3 is 5.41 Å². The van der Waals surface area contributed by atoms with Crippen LogP contribution in [0.2, 0.25) is 0 Å². The minimum Gasteiger partial charge on any atom is -0.300 e. The molecule has 1 aromatic carbocycles. The molecule has 0 saturated heterocycles. The molecule has 1 N–H and O–H groups in total. The highest BCUT2D eigenvalue weighted by Crippen LogP contribution is 2.07. The first-order valence-corrected chi connectivity index (χ1v) is 3.92. The first-order valence-electron chi connectivity index (χ1n) is 3.92. The number of hydrogen-bond donors (Lipinski definition) is 1. The lowest BCUT2D eigenvalue weighted by molar-refractivity contribution is 1.41. The lowest BCUT2D eigenvalue weighted by Gasteiger charge is -2.02. The number of benzene rings is 1. The summed E-state index contributed by atoms with van der Waals surface area (Å²) in [4.78, 5) is 0. The van der Waals surface area contributed by atoms with Gasteiger partial charge in [-0.15, -0.1) is 0 Å². The molecular formula is C11H13N. The molecule has 0 spiro atoms. The fourth-order valence-electron chi connectivity index (χ4n) is 0.967. The molecule has 0 bridgehead atoms. The Hall–Kier alpha value is -1.37. The number of aryl methyl sites for hydroxylation is 1. The van der Waals surface area contributed by atoms with Crippen LogP contribution in [-0.4, -0.2) is 5.71 Å². The number of rotatable bonds is 2. The van der Waals surface area contributed by atoms with Gasteiger partial charge in [-0.05, 0) is 25.0 Å². The molecule has 0 fully saturated rings. The Kier molecular flexibility index (Phi) is 2.44. The lowest BCUT2D eigenvalue weighted by Crippen LogP contribution is -1.98. The zero-order valence-electron chi connectivity index (χ0n) is 7.52. The van der Waals surface area contributed by atoms with E-state index >= 15 is 0 Å². The maximum absolute atomic E-state index is 7.66. The van der Waals surface area contributed by atoms with Crippen LogP contribution in [0.1, 0.15) is 18.1 Å². The fraction of sp³-hybridized carbons (Fsp3) is 0.182. The maximum Gasteiger partial charge on any atom is 0.0635 e. The van der Waals surface area contributed by atoms with E-state index in [0.29, 0.717) is 5.71 Å². The fourth-order valence-corrected chi connectivity index (χ4v) is 0.967. The quantitative estimate of drug-likeness (QED) is 0.641. The zero-order valence-corrected chi connectivity index (χ0v) is 7.52. The van der Waals surface area contributed by atoms with E-state index in [-0.39, 0.29) is 0 Å². The van der Waals surface area contributed by atoms with E-state index < -0.39 is 0 Å². The van der Waals surface area contributed by atoms with Crippen molar-refractivity contribution in [2.45, 2.75) is 13.8 Å². The SMILES string of the molecule is C=C(C)C(=N)c1ccc(C)cc1. The predicted octanol–water partition coefficient (Wildman–Crippen LogP) is 2.94. The average Bonchev–Trinajstić information content (AvgIpc) is 2.04. The summed E-state index contributed by atoms with van der Waals surface area (Å²) >= 11 is 0. The molecule has 1 rings (SSSR count). The Labute approximate surface area is 73.3 Å². The topological polar surface area (TPSA) is 23.9 Å². The smallest absolute Gasteiger partial charge is 0.0635 e. The van der Waals surface area contributed by atoms with Crippen LogP contribution in [-0.2, 0) is 0 Å². The van der Waals surface area contributed by atoms with Crippen molar-refractivity contribution < 1.29 is 0 Å². The van der Waals surface area contributed by atoms with Crippen molar-refractivity contribution in [1.29, 1.82) is 5.41 Å². The van der Waals surface area contributed by atoms with Crippen LogP contribution in [0.3, 0.4) is 0 Å². The summed E-state index contributed by atoms with van der Waals surface area (Å²) in [5, 5.41) is 7.66. The second kappa shape index (κ2) is 3.35. The second-order valence-electron chi connectivity index (χ2n) is 3.02. The van der Waals surface area contributed by atoms with Crippen LogP contribution in [0, 0.1) is 12.3 Å². The van der Waals surface area contributed by atoms with Crippen molar-refractivity contribution in [1.82, 2.24) is 0 Å². The predicted molar refractivity (Wildman–Crippen MR) is 52.8 cm³/mol. The zero-order chi connectivity index (χ0) is 9.14. The molecule has 0 atom stereocenters. The Morgan fingerprint density at radius 3 is 2.17 bits per heavy atom. The highest BCUT2D eigenvalue weighted by molar-refractivity contribution is 6.09. The molecule has 0 saturated carbocycles. The van der Waals surface area contributed by atoms with Gasteiger partial charge in [-0.25, -0.2) is 0 Å². The molecule has 0 aromatic heterocycles. The molecule has 12 heavy (non-hydrogen) atoms. The minimum absolute atomic E-state index is 0.523. The van der Waals surface area contributed by atoms with Gasteiger partial charge in [-0.2, -0.15) is 0 Å². The number of hydrogen-bond acceptors (Lipinski definition) is 1. The summed E-state index contributed by atoms with van der Waals surface area (Å²) in [5.74, 6) is 0. The Balaban J connectivity index is 2.98. The third kappa shape index (κ3) is 1.82. The molecule has 0 aliphatic carbocycles. The average molecular weight is 159 g/mol. The summed E-state index contributed by atoms with van der Waals surface area (Å²) < 4.78 is 0. The van der Waals surface area contributed by atoms with E-state index in [1.807, 2.05) is 38.1 Å². The van der Waals surface area contributed by atoms with Gasteiger partial charge in [0.2, 0.25) is 0 Å². The second-order valence-corrected chi connectivity index (χ2v) is 3.02. The Morgan fingerprint density at radius 1 is 1.25 bits per heavy atom. The maximum atomic E-state index is 7.66. The molecule has 62 valence electrons. The van der Waals surface area contributed by atoms with Crippen molar-refractivity contribution in [2.24, 2.45) is 0 Å². The van der Waals surface area contributed by atoms with Gasteiger partial charge in [0.1, 0.15) is 0 Å². The molecule has 0 heterocycles. The van der Waals surface area contributed by atoms with Crippen molar-refractivity contribution in [3.8, 4) is 0 Å². The van der Waals surface area contributed by atoms with E-state index in [4.69, 9.17) is 5.41 Å². The number of nitrogens with one attached hydrogen (secondary N) is 1. The highest BCUT2D eigenvalue weighted by Gasteiger charge is 1.99. The van der Waals surface area contributed by atoms with Gasteiger partial charge in [0.05, 0.1) is 5.71 Å². The Bertz CT molecular complexity index is 306. The van der Waals surface area contributed by atoms with Gasteiger partial charge in [-0.1, -0.05) is 36.4 Å². The first kappa shape index (κ1) is 8.72. The van der Waals surface area contributed by atoms with Gasteiger partial charge in [0, 0.05) is 0 Å². The van der Waals surface area contributed by atoms with Crippen molar-refractivity contribution >= 4 is 5.71 Å². The van der Waals surface area contributed by atoms with Crippen molar-refractivity contribution in [2.75, 3.05) is 0 Å². The third-order valence-corrected chi connectivity index (χ3v) is 1.77. The van der Waals surface area contributed by atoms with Gasteiger partial charge in [0.25, 0.3) is 0 Å². The third-order valence-electron chi connectivity index (χ3n) is 1.77. The molecule has 0 radical (unpaired) electrons. The molecule has 1 aromatic rings. The summed E-state index contributed by atoms with van der Waals surface area (Å²) in [7, 11) is 0. The number of allylic oxidation sites excluding steroid dienone is 1. The van der Waals surface area contributed by atoms with Gasteiger partial charge >= 0.3 is 0 Å². The molecule has 0 aliphatic heterocycles. The van der Waals surface area contributed by atoms with Crippen LogP contribution in [0.25, 0.3) is 0 Å². The van der Waals surface area contributed by atoms with Crippen molar-refractivity contribution in [3.63, 3.8) is 0 Å². The van der Waals surface area contributed by atoms with E-state index in [1.165, 1.54) is 5.56 Å². The molecule has 1 heteroatoms. The van der Waals surface area contributed by atoms with Gasteiger partial charge in [-0.3, -0.25) is 0 Å². The lowest BCUT2D eigenvalue weighted by atomic mass is 10.0. The largest absolute Gasteiger partial charge is 0.300 e. The summed E-state index contributed by atoms with van der Waals surface area (Å²) in [5.41, 5.74) is 3.48. The summed E-state index contributed by atoms with van der Waals surface area (Å²) in [6, 6.07) is 7.91.